The van der Waals surface area contributed by atoms with Crippen LogP contribution in [0.5, 0.6) is 0 Å². The number of hydrogen-bond acceptors (Lipinski definition) is 2. The quantitative estimate of drug-likeness (QED) is 0.408. The Morgan fingerprint density at radius 2 is 1.24 bits per heavy atom. The van der Waals surface area contributed by atoms with Crippen molar-refractivity contribution in [1.82, 2.24) is 21.3 Å². The maximum atomic E-state index is 12.9. The number of urea groups is 2. The summed E-state index contributed by atoms with van der Waals surface area (Å²) in [6, 6.07) is 2.19. The fourth-order valence-electron chi connectivity index (χ4n) is 5.84. The molecule has 0 atom stereocenters. The monoisotopic (exact) mass is 402 g/mol. The van der Waals surface area contributed by atoms with Crippen LogP contribution in [0.1, 0.15) is 103 Å². The van der Waals surface area contributed by atoms with Gasteiger partial charge in [-0.3, -0.25) is 5.32 Å². The molecule has 0 aliphatic heterocycles. The molecule has 0 aromatic rings. The van der Waals surface area contributed by atoms with E-state index in [0.29, 0.717) is 6.04 Å². The van der Waals surface area contributed by atoms with E-state index in [1.807, 2.05) is 0 Å². The highest BCUT2D eigenvalue weighted by Crippen LogP contribution is 2.41. The van der Waals surface area contributed by atoms with Crippen LogP contribution in [0.3, 0.4) is 0 Å². The van der Waals surface area contributed by atoms with Gasteiger partial charge in [-0.2, -0.15) is 0 Å². The summed E-state index contributed by atoms with van der Waals surface area (Å²) >= 11 is 0. The summed E-state index contributed by atoms with van der Waals surface area (Å²) in [7, 11) is 0. The van der Waals surface area contributed by atoms with Gasteiger partial charge in [-0.05, 0) is 44.9 Å². The van der Waals surface area contributed by atoms with E-state index in [1.165, 1.54) is 32.1 Å². The van der Waals surface area contributed by atoms with Crippen molar-refractivity contribution in [3.63, 3.8) is 0 Å². The van der Waals surface area contributed by atoms with E-state index in [0.717, 1.165) is 70.6 Å². The first-order chi connectivity index (χ1) is 14.0. The third kappa shape index (κ3) is 6.29. The lowest BCUT2D eigenvalue weighted by atomic mass is 9.68. The van der Waals surface area contributed by atoms with Gasteiger partial charge in [-0.1, -0.05) is 64.2 Å². The normalized spacial score (nSPS) is 24.0. The Kier molecular flexibility index (Phi) is 7.69. The molecule has 3 fully saturated rings. The van der Waals surface area contributed by atoms with Crippen LogP contribution in [0.15, 0.2) is 0 Å². The minimum absolute atomic E-state index is 0.0298. The van der Waals surface area contributed by atoms with E-state index in [4.69, 9.17) is 6.42 Å². The highest BCUT2D eigenvalue weighted by Gasteiger charge is 2.44. The molecule has 0 heterocycles. The van der Waals surface area contributed by atoms with Gasteiger partial charge in [0.05, 0.1) is 0 Å². The number of nitrogens with one attached hydrogen (secondary N) is 4. The van der Waals surface area contributed by atoms with Crippen LogP contribution in [0.2, 0.25) is 0 Å². The SMILES string of the molecule is C#CNC(=O)NC1(CC2(NC(=O)NC3CCCCC3)CCCCC2)CCCCC1. The van der Waals surface area contributed by atoms with E-state index >= 15 is 0 Å². The summed E-state index contributed by atoms with van der Waals surface area (Å²) in [4.78, 5) is 25.2. The van der Waals surface area contributed by atoms with Crippen molar-refractivity contribution in [1.29, 1.82) is 0 Å². The molecular formula is C23H38N4O2. The first kappa shape index (κ1) is 21.8. The van der Waals surface area contributed by atoms with Crippen molar-refractivity contribution >= 4 is 12.1 Å². The Hall–Kier alpha value is -1.90. The maximum absolute atomic E-state index is 12.9. The Balaban J connectivity index is 1.70. The fourth-order valence-corrected chi connectivity index (χ4v) is 5.84. The topological polar surface area (TPSA) is 82.3 Å². The molecule has 3 aliphatic rings. The molecule has 6 nitrogen and oxygen atoms in total. The van der Waals surface area contributed by atoms with Gasteiger partial charge in [0.2, 0.25) is 0 Å². The predicted molar refractivity (Wildman–Crippen MR) is 115 cm³/mol. The molecule has 3 saturated carbocycles. The van der Waals surface area contributed by atoms with Crippen LogP contribution in [-0.2, 0) is 0 Å². The van der Waals surface area contributed by atoms with Crippen molar-refractivity contribution in [2.75, 3.05) is 0 Å². The molecule has 3 aliphatic carbocycles. The minimum Gasteiger partial charge on any atom is -0.335 e. The van der Waals surface area contributed by atoms with E-state index in [2.05, 4.69) is 27.3 Å². The molecule has 0 bridgehead atoms. The second-order valence-electron chi connectivity index (χ2n) is 9.52. The molecule has 3 rings (SSSR count). The van der Waals surface area contributed by atoms with Gasteiger partial charge in [0.1, 0.15) is 0 Å². The van der Waals surface area contributed by atoms with Crippen LogP contribution < -0.4 is 21.3 Å². The van der Waals surface area contributed by atoms with E-state index in [-0.39, 0.29) is 23.1 Å². The maximum Gasteiger partial charge on any atom is 0.326 e. The molecule has 0 unspecified atom stereocenters. The van der Waals surface area contributed by atoms with Gasteiger partial charge in [-0.15, -0.1) is 0 Å². The zero-order valence-electron chi connectivity index (χ0n) is 17.8. The third-order valence-corrected chi connectivity index (χ3v) is 7.18. The van der Waals surface area contributed by atoms with Crippen molar-refractivity contribution in [3.8, 4) is 12.5 Å². The smallest absolute Gasteiger partial charge is 0.326 e. The van der Waals surface area contributed by atoms with Crippen molar-refractivity contribution in [2.24, 2.45) is 0 Å². The fraction of sp³-hybridized carbons (Fsp3) is 0.826. The van der Waals surface area contributed by atoms with Crippen LogP contribution in [-0.4, -0.2) is 29.2 Å². The Bertz CT molecular complexity index is 594. The predicted octanol–water partition coefficient (Wildman–Crippen LogP) is 4.30. The number of carbonyl (C=O) groups excluding carboxylic acids is 2. The number of rotatable bonds is 5. The summed E-state index contributed by atoms with van der Waals surface area (Å²) < 4.78 is 0. The molecule has 0 saturated heterocycles. The van der Waals surface area contributed by atoms with Gasteiger partial charge in [0, 0.05) is 23.2 Å². The van der Waals surface area contributed by atoms with Crippen molar-refractivity contribution in [2.45, 2.75) is 120 Å². The standard InChI is InChI=1S/C23H38N4O2/c1-2-24-20(28)26-22(14-8-4-9-15-22)18-23(16-10-5-11-17-23)27-21(29)25-19-12-6-3-7-13-19/h1,19H,3-18H2,(H2,24,26,28)(H2,25,27,29). The summed E-state index contributed by atoms with van der Waals surface area (Å²) in [6.45, 7) is 0. The lowest BCUT2D eigenvalue weighted by Gasteiger charge is -2.48. The molecule has 0 radical (unpaired) electrons. The van der Waals surface area contributed by atoms with E-state index < -0.39 is 0 Å². The molecule has 29 heavy (non-hydrogen) atoms. The molecule has 6 heteroatoms. The third-order valence-electron chi connectivity index (χ3n) is 7.18. The van der Waals surface area contributed by atoms with Crippen molar-refractivity contribution in [3.05, 3.63) is 0 Å². The first-order valence-corrected chi connectivity index (χ1v) is 11.7. The summed E-state index contributed by atoms with van der Waals surface area (Å²) in [5.41, 5.74) is -0.549. The van der Waals surface area contributed by atoms with Gasteiger partial charge in [0.25, 0.3) is 0 Å². The minimum atomic E-state index is -0.299. The largest absolute Gasteiger partial charge is 0.335 e. The molecular weight excluding hydrogens is 364 g/mol. The highest BCUT2D eigenvalue weighted by atomic mass is 16.2. The van der Waals surface area contributed by atoms with Crippen molar-refractivity contribution < 1.29 is 9.59 Å². The number of carbonyl (C=O) groups is 2. The summed E-state index contributed by atoms with van der Waals surface area (Å²) in [5, 5.41) is 12.3. The molecule has 162 valence electrons. The Labute approximate surface area is 175 Å². The average Bonchev–Trinajstić information content (AvgIpc) is 2.69. The summed E-state index contributed by atoms with van der Waals surface area (Å²) in [6.07, 6.45) is 22.6. The second-order valence-corrected chi connectivity index (χ2v) is 9.52. The van der Waals surface area contributed by atoms with Crippen LogP contribution in [0.25, 0.3) is 0 Å². The zero-order valence-corrected chi connectivity index (χ0v) is 17.8. The number of terminal acetylenes is 1. The van der Waals surface area contributed by atoms with E-state index in [9.17, 15) is 9.59 Å². The van der Waals surface area contributed by atoms with Gasteiger partial charge < -0.3 is 16.0 Å². The first-order valence-electron chi connectivity index (χ1n) is 11.7. The second kappa shape index (κ2) is 10.2. The number of hydrogen-bond donors (Lipinski definition) is 4. The number of amides is 4. The van der Waals surface area contributed by atoms with Crippen LogP contribution in [0.4, 0.5) is 9.59 Å². The highest BCUT2D eigenvalue weighted by molar-refractivity contribution is 5.77. The van der Waals surface area contributed by atoms with Gasteiger partial charge in [-0.25, -0.2) is 9.59 Å². The molecule has 4 amide bonds. The van der Waals surface area contributed by atoms with Crippen LogP contribution >= 0.6 is 0 Å². The average molecular weight is 403 g/mol. The Morgan fingerprint density at radius 3 is 1.76 bits per heavy atom. The molecule has 4 N–H and O–H groups in total. The Morgan fingerprint density at radius 1 is 0.759 bits per heavy atom. The van der Waals surface area contributed by atoms with Gasteiger partial charge >= 0.3 is 12.1 Å². The van der Waals surface area contributed by atoms with Crippen LogP contribution in [0, 0.1) is 12.5 Å². The lowest BCUT2D eigenvalue weighted by molar-refractivity contribution is 0.124. The molecule has 0 spiro atoms. The van der Waals surface area contributed by atoms with Gasteiger partial charge in [0.15, 0.2) is 0 Å². The molecule has 0 aromatic carbocycles. The zero-order chi connectivity index (χ0) is 20.6. The summed E-state index contributed by atoms with van der Waals surface area (Å²) in [5.74, 6) is 0. The lowest BCUT2D eigenvalue weighted by Crippen LogP contribution is -2.62. The van der Waals surface area contributed by atoms with E-state index in [1.54, 1.807) is 0 Å². The molecule has 0 aromatic heterocycles.